The quantitative estimate of drug-likeness (QED) is 0.220. The van der Waals surface area contributed by atoms with Crippen molar-refractivity contribution < 1.29 is 19.9 Å². The minimum absolute atomic E-state index is 0.231. The fourth-order valence-corrected chi connectivity index (χ4v) is 0.362. The van der Waals surface area contributed by atoms with Crippen LogP contribution in [0.4, 0.5) is 9.59 Å². The van der Waals surface area contributed by atoms with E-state index in [0.29, 0.717) is 5.06 Å². The number of hydrogen-bond acceptors (Lipinski definition) is 4. The predicted molar refractivity (Wildman–Crippen MR) is 48.1 cm³/mol. The van der Waals surface area contributed by atoms with E-state index in [-0.39, 0.29) is 6.54 Å². The molecule has 0 spiro atoms. The Bertz CT molecular complexity index is 185. The number of aliphatic hydroxyl groups is 1. The molecule has 0 heterocycles. The highest BCUT2D eigenvalue weighted by Gasteiger charge is 1.97. The van der Waals surface area contributed by atoms with Crippen LogP contribution in [0.1, 0.15) is 13.8 Å². The maximum Gasteiger partial charge on any atom is 0.338 e. The van der Waals surface area contributed by atoms with Gasteiger partial charge in [0.25, 0.3) is 0 Å². The number of hydrogen-bond donors (Lipinski definition) is 5. The number of primary amides is 2. The number of carbonyl (C=O) groups is 2. The summed E-state index contributed by atoms with van der Waals surface area (Å²) in [5, 5.41) is 19.0. The van der Waals surface area contributed by atoms with Gasteiger partial charge < -0.3 is 21.9 Å². The molecule has 0 saturated carbocycles. The van der Waals surface area contributed by atoms with Crippen LogP contribution in [-0.2, 0) is 0 Å². The lowest BCUT2D eigenvalue weighted by molar-refractivity contribution is -0.0345. The molecule has 84 valence electrons. The molecule has 0 fully saturated rings. The first-order valence-electron chi connectivity index (χ1n) is 3.81. The maximum atomic E-state index is 9.83. The van der Waals surface area contributed by atoms with Crippen molar-refractivity contribution in [3.63, 3.8) is 0 Å². The van der Waals surface area contributed by atoms with Gasteiger partial charge >= 0.3 is 12.1 Å². The molecule has 4 amide bonds. The summed E-state index contributed by atoms with van der Waals surface area (Å²) in [6.07, 6.45) is -0.850. The van der Waals surface area contributed by atoms with Gasteiger partial charge in [0.15, 0.2) is 0 Å². The maximum absolute atomic E-state index is 9.83. The molecular weight excluding hydrogens is 192 g/mol. The fraction of sp³-hybridized carbons (Fsp3) is 0.667. The second-order valence-corrected chi connectivity index (χ2v) is 2.24. The molecule has 0 aliphatic carbocycles. The van der Waals surface area contributed by atoms with Crippen molar-refractivity contribution in [3.05, 3.63) is 0 Å². The predicted octanol–water partition coefficient (Wildman–Crippen LogP) is -1.23. The number of nitrogens with two attached hydrogens (primary N) is 2. The van der Waals surface area contributed by atoms with Gasteiger partial charge in [0.1, 0.15) is 6.23 Å². The largest absolute Gasteiger partial charge is 0.374 e. The molecule has 8 heteroatoms. The Labute approximate surface area is 81.4 Å². The Kier molecular flexibility index (Phi) is 8.63. The molecule has 0 bridgehead atoms. The van der Waals surface area contributed by atoms with E-state index < -0.39 is 18.3 Å². The van der Waals surface area contributed by atoms with E-state index in [0.717, 1.165) is 0 Å². The number of urea groups is 2. The lowest BCUT2D eigenvalue weighted by atomic mass is 10.7. The number of amides is 4. The average Bonchev–Trinajstić information content (AvgIpc) is 2.01. The molecule has 0 radical (unpaired) electrons. The van der Waals surface area contributed by atoms with Crippen LogP contribution in [0.15, 0.2) is 0 Å². The summed E-state index contributed by atoms with van der Waals surface area (Å²) in [5.41, 5.74) is 9.17. The first-order chi connectivity index (χ1) is 6.31. The van der Waals surface area contributed by atoms with Gasteiger partial charge in [-0.2, -0.15) is 0 Å². The van der Waals surface area contributed by atoms with Crippen LogP contribution < -0.4 is 16.8 Å². The Morgan fingerprint density at radius 3 is 1.93 bits per heavy atom. The zero-order valence-electron chi connectivity index (χ0n) is 8.10. The van der Waals surface area contributed by atoms with Crippen LogP contribution in [0.5, 0.6) is 0 Å². The Balaban J connectivity index is 0. The highest BCUT2D eigenvalue weighted by molar-refractivity contribution is 5.71. The monoisotopic (exact) mass is 208 g/mol. The molecule has 1 atom stereocenters. The van der Waals surface area contributed by atoms with Crippen molar-refractivity contribution in [2.45, 2.75) is 20.1 Å². The molecule has 7 N–H and O–H groups in total. The number of carbonyl (C=O) groups excluding carboxylic acids is 2. The third-order valence-corrected chi connectivity index (χ3v) is 0.905. The molecule has 0 aliphatic heterocycles. The second kappa shape index (κ2) is 8.08. The summed E-state index contributed by atoms with van der Waals surface area (Å²) in [4.78, 5) is 19.6. The summed E-state index contributed by atoms with van der Waals surface area (Å²) in [5.74, 6) is 0. The van der Waals surface area contributed by atoms with Gasteiger partial charge in [-0.05, 0) is 13.8 Å². The van der Waals surface area contributed by atoms with Gasteiger partial charge in [-0.25, -0.2) is 14.7 Å². The van der Waals surface area contributed by atoms with E-state index in [1.54, 1.807) is 6.92 Å². The summed E-state index contributed by atoms with van der Waals surface area (Å²) < 4.78 is 0. The van der Waals surface area contributed by atoms with Crippen LogP contribution >= 0.6 is 0 Å². The topological polar surface area (TPSA) is 142 Å². The van der Waals surface area contributed by atoms with Gasteiger partial charge in [0, 0.05) is 6.54 Å². The fourth-order valence-electron chi connectivity index (χ4n) is 0.362. The molecule has 14 heavy (non-hydrogen) atoms. The SMILES string of the molecule is CC(O)NC(N)=O.CCN(O)C(N)=O. The Morgan fingerprint density at radius 2 is 1.93 bits per heavy atom. The highest BCUT2D eigenvalue weighted by atomic mass is 16.5. The lowest BCUT2D eigenvalue weighted by Crippen LogP contribution is -2.36. The van der Waals surface area contributed by atoms with Crippen LogP contribution in [0.25, 0.3) is 0 Å². The van der Waals surface area contributed by atoms with Crippen LogP contribution in [0.2, 0.25) is 0 Å². The van der Waals surface area contributed by atoms with Gasteiger partial charge in [-0.3, -0.25) is 5.21 Å². The average molecular weight is 208 g/mol. The minimum atomic E-state index is -0.850. The van der Waals surface area contributed by atoms with Gasteiger partial charge in [-0.1, -0.05) is 0 Å². The third-order valence-electron chi connectivity index (χ3n) is 0.905. The van der Waals surface area contributed by atoms with Crippen molar-refractivity contribution in [1.82, 2.24) is 10.4 Å². The van der Waals surface area contributed by atoms with Gasteiger partial charge in [0.2, 0.25) is 0 Å². The van der Waals surface area contributed by atoms with Crippen molar-refractivity contribution in [1.29, 1.82) is 0 Å². The van der Waals surface area contributed by atoms with Crippen molar-refractivity contribution in [3.8, 4) is 0 Å². The lowest BCUT2D eigenvalue weighted by Gasteiger charge is -2.05. The van der Waals surface area contributed by atoms with E-state index in [1.165, 1.54) is 6.92 Å². The normalized spacial score (nSPS) is 10.6. The Hall–Kier alpha value is -1.54. The van der Waals surface area contributed by atoms with E-state index in [9.17, 15) is 9.59 Å². The number of nitrogens with zero attached hydrogens (tertiary/aromatic N) is 1. The Morgan fingerprint density at radius 1 is 1.50 bits per heavy atom. The smallest absolute Gasteiger partial charge is 0.338 e. The number of hydroxylamine groups is 2. The van der Waals surface area contributed by atoms with Gasteiger partial charge in [0.05, 0.1) is 0 Å². The van der Waals surface area contributed by atoms with Gasteiger partial charge in [-0.15, -0.1) is 0 Å². The number of aliphatic hydroxyl groups excluding tert-OH is 1. The highest BCUT2D eigenvalue weighted by Crippen LogP contribution is 1.74. The number of nitrogens with one attached hydrogen (secondary N) is 1. The molecule has 0 saturated heterocycles. The summed E-state index contributed by atoms with van der Waals surface area (Å²) in [6.45, 7) is 3.25. The molecule has 0 aromatic carbocycles. The molecule has 0 aromatic rings. The molecule has 8 nitrogen and oxygen atoms in total. The van der Waals surface area contributed by atoms with Crippen LogP contribution in [0, 0.1) is 0 Å². The van der Waals surface area contributed by atoms with E-state index in [4.69, 9.17) is 10.3 Å². The third kappa shape index (κ3) is 13.1. The second-order valence-electron chi connectivity index (χ2n) is 2.24. The van der Waals surface area contributed by atoms with E-state index in [1.807, 2.05) is 5.32 Å². The van der Waals surface area contributed by atoms with E-state index in [2.05, 4.69) is 11.5 Å². The minimum Gasteiger partial charge on any atom is -0.374 e. The summed E-state index contributed by atoms with van der Waals surface area (Å²) >= 11 is 0. The molecular formula is C6H16N4O4. The summed E-state index contributed by atoms with van der Waals surface area (Å²) in [6, 6.07) is -1.53. The summed E-state index contributed by atoms with van der Waals surface area (Å²) in [7, 11) is 0. The first-order valence-corrected chi connectivity index (χ1v) is 3.81. The van der Waals surface area contributed by atoms with Crippen molar-refractivity contribution in [2.24, 2.45) is 11.5 Å². The first kappa shape index (κ1) is 15.0. The molecule has 0 aliphatic rings. The van der Waals surface area contributed by atoms with E-state index >= 15 is 0 Å². The standard InChI is InChI=1S/2C3H8N2O2/c1-2-5(7)3(4)6;1-2(6)5-3(4)7/h7H,2H2,1H3,(H2,4,6);2,6H,1H3,(H3,4,5,7). The molecule has 1 unspecified atom stereocenters. The van der Waals surface area contributed by atoms with Crippen LogP contribution in [-0.4, -0.2) is 40.2 Å². The molecule has 0 rings (SSSR count). The number of rotatable bonds is 2. The molecule has 0 aromatic heterocycles. The zero-order valence-corrected chi connectivity index (χ0v) is 8.10. The zero-order chi connectivity index (χ0) is 11.7. The van der Waals surface area contributed by atoms with Crippen LogP contribution in [0.3, 0.4) is 0 Å². The van der Waals surface area contributed by atoms with Crippen molar-refractivity contribution in [2.75, 3.05) is 6.54 Å². The van der Waals surface area contributed by atoms with Crippen molar-refractivity contribution >= 4 is 12.1 Å².